The van der Waals surface area contributed by atoms with Crippen molar-refractivity contribution in [2.24, 2.45) is 5.41 Å². The van der Waals surface area contributed by atoms with Gasteiger partial charge in [0.1, 0.15) is 5.75 Å². The Morgan fingerprint density at radius 2 is 1.95 bits per heavy atom. The highest BCUT2D eigenvalue weighted by Crippen LogP contribution is 2.37. The van der Waals surface area contributed by atoms with E-state index in [9.17, 15) is 5.11 Å². The molecule has 3 nitrogen and oxygen atoms in total. The van der Waals surface area contributed by atoms with Crippen LogP contribution in [0.5, 0.6) is 5.75 Å². The second-order valence-electron chi connectivity index (χ2n) is 7.11. The van der Waals surface area contributed by atoms with E-state index in [0.29, 0.717) is 11.5 Å². The van der Waals surface area contributed by atoms with Crippen LogP contribution in [0.15, 0.2) is 18.2 Å². The van der Waals surface area contributed by atoms with Gasteiger partial charge < -0.3 is 9.84 Å². The highest BCUT2D eigenvalue weighted by Gasteiger charge is 2.28. The molecule has 0 radical (unpaired) electrons. The fourth-order valence-corrected chi connectivity index (χ4v) is 3.28. The molecule has 1 saturated carbocycles. The molecular formula is C18H29NO2. The highest BCUT2D eigenvalue weighted by atomic mass is 16.5. The van der Waals surface area contributed by atoms with E-state index in [4.69, 9.17) is 4.74 Å². The molecule has 1 aliphatic rings. The van der Waals surface area contributed by atoms with Crippen LogP contribution < -0.4 is 4.74 Å². The number of hydrogen-bond acceptors (Lipinski definition) is 3. The van der Waals surface area contributed by atoms with E-state index in [0.717, 1.165) is 23.4 Å². The molecular weight excluding hydrogens is 262 g/mol. The van der Waals surface area contributed by atoms with Gasteiger partial charge in [0.2, 0.25) is 0 Å². The molecule has 1 aromatic rings. The Morgan fingerprint density at radius 3 is 2.52 bits per heavy atom. The molecule has 1 aliphatic carbocycles. The van der Waals surface area contributed by atoms with Crippen LogP contribution in [0.2, 0.25) is 0 Å². The topological polar surface area (TPSA) is 32.7 Å². The van der Waals surface area contributed by atoms with Crippen molar-refractivity contribution in [3.05, 3.63) is 29.3 Å². The van der Waals surface area contributed by atoms with Gasteiger partial charge in [-0.2, -0.15) is 0 Å². The van der Waals surface area contributed by atoms with E-state index in [1.54, 1.807) is 7.11 Å². The number of benzene rings is 1. The number of aliphatic hydroxyl groups is 1. The SMILES string of the molecule is COc1ccc(CO)cc1CN(C)C1CCC(C)(C)CC1. The molecule has 2 rings (SSSR count). The average Bonchev–Trinajstić information content (AvgIpc) is 2.46. The molecule has 0 aromatic heterocycles. The zero-order valence-corrected chi connectivity index (χ0v) is 13.9. The molecule has 21 heavy (non-hydrogen) atoms. The Hall–Kier alpha value is -1.06. The summed E-state index contributed by atoms with van der Waals surface area (Å²) in [5.74, 6) is 0.912. The van der Waals surface area contributed by atoms with Crippen molar-refractivity contribution < 1.29 is 9.84 Å². The van der Waals surface area contributed by atoms with Crippen LogP contribution in [-0.4, -0.2) is 30.2 Å². The van der Waals surface area contributed by atoms with E-state index >= 15 is 0 Å². The second-order valence-corrected chi connectivity index (χ2v) is 7.11. The molecule has 0 atom stereocenters. The summed E-state index contributed by atoms with van der Waals surface area (Å²) in [5, 5.41) is 9.31. The summed E-state index contributed by atoms with van der Waals surface area (Å²) < 4.78 is 5.46. The maximum absolute atomic E-state index is 9.31. The van der Waals surface area contributed by atoms with Crippen LogP contribution in [0.25, 0.3) is 0 Å². The maximum atomic E-state index is 9.31. The Balaban J connectivity index is 2.04. The number of hydrogen-bond donors (Lipinski definition) is 1. The molecule has 1 aromatic carbocycles. The fourth-order valence-electron chi connectivity index (χ4n) is 3.28. The molecule has 0 bridgehead atoms. The Bertz CT molecular complexity index is 460. The Morgan fingerprint density at radius 1 is 1.29 bits per heavy atom. The first-order valence-electron chi connectivity index (χ1n) is 7.92. The third-order valence-corrected chi connectivity index (χ3v) is 4.88. The summed E-state index contributed by atoms with van der Waals surface area (Å²) in [6.07, 6.45) is 5.14. The minimum atomic E-state index is 0.0817. The Labute approximate surface area is 128 Å². The van der Waals surface area contributed by atoms with Gasteiger partial charge in [0.15, 0.2) is 0 Å². The zero-order chi connectivity index (χ0) is 15.5. The van der Waals surface area contributed by atoms with Crippen LogP contribution in [0.4, 0.5) is 0 Å². The summed E-state index contributed by atoms with van der Waals surface area (Å²) >= 11 is 0. The lowest BCUT2D eigenvalue weighted by atomic mass is 9.75. The largest absolute Gasteiger partial charge is 0.496 e. The molecule has 0 spiro atoms. The van der Waals surface area contributed by atoms with Crippen LogP contribution in [0.1, 0.15) is 50.7 Å². The van der Waals surface area contributed by atoms with E-state index in [1.165, 1.54) is 25.7 Å². The predicted octanol–water partition coefficient (Wildman–Crippen LogP) is 3.59. The summed E-state index contributed by atoms with van der Waals surface area (Å²) in [6.45, 7) is 5.70. The van der Waals surface area contributed by atoms with Crippen molar-refractivity contribution in [1.29, 1.82) is 0 Å². The molecule has 0 aliphatic heterocycles. The summed E-state index contributed by atoms with van der Waals surface area (Å²) in [5.41, 5.74) is 2.62. The minimum Gasteiger partial charge on any atom is -0.496 e. The standard InChI is InChI=1S/C18H29NO2/c1-18(2)9-7-16(8-10-18)19(3)12-15-11-14(13-20)5-6-17(15)21-4/h5-6,11,16,20H,7-10,12-13H2,1-4H3. The molecule has 1 N–H and O–H groups in total. The lowest BCUT2D eigenvalue weighted by Crippen LogP contribution is -2.36. The van der Waals surface area contributed by atoms with Gasteiger partial charge in [0.05, 0.1) is 13.7 Å². The molecule has 0 amide bonds. The van der Waals surface area contributed by atoms with Crippen molar-refractivity contribution in [3.8, 4) is 5.75 Å². The van der Waals surface area contributed by atoms with E-state index in [2.05, 4.69) is 31.9 Å². The quantitative estimate of drug-likeness (QED) is 0.900. The lowest BCUT2D eigenvalue weighted by molar-refractivity contribution is 0.122. The van der Waals surface area contributed by atoms with E-state index in [1.807, 2.05) is 12.1 Å². The van der Waals surface area contributed by atoms with Gasteiger partial charge in [-0.3, -0.25) is 4.90 Å². The average molecular weight is 291 g/mol. The monoisotopic (exact) mass is 291 g/mol. The van der Waals surface area contributed by atoms with Gasteiger partial charge in [-0.15, -0.1) is 0 Å². The molecule has 0 heterocycles. The lowest BCUT2D eigenvalue weighted by Gasteiger charge is -2.38. The predicted molar refractivity (Wildman–Crippen MR) is 86.4 cm³/mol. The van der Waals surface area contributed by atoms with Gasteiger partial charge in [-0.25, -0.2) is 0 Å². The van der Waals surface area contributed by atoms with E-state index < -0.39 is 0 Å². The number of nitrogens with zero attached hydrogens (tertiary/aromatic N) is 1. The smallest absolute Gasteiger partial charge is 0.123 e. The molecule has 1 fully saturated rings. The van der Waals surface area contributed by atoms with Crippen molar-refractivity contribution in [2.75, 3.05) is 14.2 Å². The van der Waals surface area contributed by atoms with Gasteiger partial charge in [-0.05, 0) is 55.8 Å². The van der Waals surface area contributed by atoms with Gasteiger partial charge in [0, 0.05) is 18.2 Å². The third kappa shape index (κ3) is 4.21. The number of ether oxygens (including phenoxy) is 1. The first-order valence-corrected chi connectivity index (χ1v) is 7.92. The van der Waals surface area contributed by atoms with Gasteiger partial charge in [-0.1, -0.05) is 19.9 Å². The fraction of sp³-hybridized carbons (Fsp3) is 0.667. The first-order chi connectivity index (χ1) is 9.95. The Kier molecular flexibility index (Phi) is 5.28. The molecule has 0 unspecified atom stereocenters. The third-order valence-electron chi connectivity index (χ3n) is 4.88. The molecule has 118 valence electrons. The van der Waals surface area contributed by atoms with Crippen LogP contribution >= 0.6 is 0 Å². The summed E-state index contributed by atoms with van der Waals surface area (Å²) in [4.78, 5) is 2.44. The van der Waals surface area contributed by atoms with Crippen molar-refractivity contribution in [3.63, 3.8) is 0 Å². The molecule has 0 saturated heterocycles. The van der Waals surface area contributed by atoms with Crippen LogP contribution in [-0.2, 0) is 13.2 Å². The van der Waals surface area contributed by atoms with Crippen molar-refractivity contribution in [2.45, 2.75) is 58.7 Å². The van der Waals surface area contributed by atoms with Gasteiger partial charge in [0.25, 0.3) is 0 Å². The normalized spacial score (nSPS) is 19.0. The highest BCUT2D eigenvalue weighted by molar-refractivity contribution is 5.37. The summed E-state index contributed by atoms with van der Waals surface area (Å²) in [6, 6.07) is 6.59. The minimum absolute atomic E-state index is 0.0817. The summed E-state index contributed by atoms with van der Waals surface area (Å²) in [7, 11) is 3.91. The number of methoxy groups -OCH3 is 1. The number of aliphatic hydroxyl groups excluding tert-OH is 1. The molecule has 3 heteroatoms. The van der Waals surface area contributed by atoms with Crippen molar-refractivity contribution >= 4 is 0 Å². The van der Waals surface area contributed by atoms with Crippen LogP contribution in [0, 0.1) is 5.41 Å². The first kappa shape index (κ1) is 16.3. The van der Waals surface area contributed by atoms with E-state index in [-0.39, 0.29) is 6.61 Å². The zero-order valence-electron chi connectivity index (χ0n) is 13.9. The van der Waals surface area contributed by atoms with Crippen molar-refractivity contribution in [1.82, 2.24) is 4.90 Å². The van der Waals surface area contributed by atoms with Gasteiger partial charge >= 0.3 is 0 Å². The van der Waals surface area contributed by atoms with Crippen LogP contribution in [0.3, 0.4) is 0 Å². The maximum Gasteiger partial charge on any atom is 0.123 e. The number of rotatable bonds is 5. The second kappa shape index (κ2) is 6.80.